The fourth-order valence-corrected chi connectivity index (χ4v) is 2.57. The predicted octanol–water partition coefficient (Wildman–Crippen LogP) is 4.50. The summed E-state index contributed by atoms with van der Waals surface area (Å²) in [7, 11) is 1.62. The number of carbonyl (C=O) groups excluding carboxylic acids is 3. The van der Waals surface area contributed by atoms with Gasteiger partial charge in [0.05, 0.1) is 13.7 Å². The average molecular weight is 465 g/mol. The van der Waals surface area contributed by atoms with E-state index in [0.717, 1.165) is 23.0 Å². The summed E-state index contributed by atoms with van der Waals surface area (Å²) in [6.45, 7) is 11.4. The highest BCUT2D eigenvalue weighted by atomic mass is 16.6. The number of carbonyl (C=O) groups is 3. The Balaban J connectivity index is 0.000000340. The maximum Gasteiger partial charge on any atom is 0.335 e. The minimum absolute atomic E-state index is 0.134. The van der Waals surface area contributed by atoms with Crippen molar-refractivity contribution in [3.63, 3.8) is 0 Å². The molecule has 0 radical (unpaired) electrons. The van der Waals surface area contributed by atoms with Crippen LogP contribution in [0.1, 0.15) is 28.4 Å². The van der Waals surface area contributed by atoms with Gasteiger partial charge in [-0.1, -0.05) is 25.3 Å². The molecule has 0 saturated carbocycles. The Morgan fingerprint density at radius 1 is 1.15 bits per heavy atom. The second kappa shape index (κ2) is 12.9. The number of ketones is 1. The topological polar surface area (TPSA) is 91.4 Å². The lowest BCUT2D eigenvalue weighted by molar-refractivity contribution is -0.139. The molecule has 0 aromatic heterocycles. The number of esters is 2. The molecule has 2 aromatic carbocycles. The van der Waals surface area contributed by atoms with E-state index in [0.29, 0.717) is 30.1 Å². The largest absolute Gasteiger partial charge is 0.496 e. The van der Waals surface area contributed by atoms with E-state index in [1.165, 1.54) is 6.08 Å². The van der Waals surface area contributed by atoms with Crippen LogP contribution in [0.3, 0.4) is 0 Å². The van der Waals surface area contributed by atoms with Crippen molar-refractivity contribution in [1.29, 1.82) is 0 Å². The van der Waals surface area contributed by atoms with E-state index in [4.69, 9.17) is 18.9 Å². The lowest BCUT2D eigenvalue weighted by Crippen LogP contribution is -2.09. The van der Waals surface area contributed by atoms with Gasteiger partial charge in [-0.05, 0) is 67.4 Å². The number of hydrogen-bond acceptors (Lipinski definition) is 7. The van der Waals surface area contributed by atoms with Crippen molar-refractivity contribution in [3.8, 4) is 11.5 Å². The van der Waals surface area contributed by atoms with Crippen LogP contribution in [0.25, 0.3) is 6.08 Å². The molecular formula is C27H28O7. The molecule has 0 aliphatic carbocycles. The molecule has 34 heavy (non-hydrogen) atoms. The van der Waals surface area contributed by atoms with Crippen molar-refractivity contribution < 1.29 is 33.3 Å². The number of methoxy groups -OCH3 is 1. The second-order valence-electron chi connectivity index (χ2n) is 7.41. The number of aryl methyl sites for hydroxylation is 1. The summed E-state index contributed by atoms with van der Waals surface area (Å²) in [5, 5.41) is 0. The van der Waals surface area contributed by atoms with Gasteiger partial charge in [-0.15, -0.1) is 0 Å². The van der Waals surface area contributed by atoms with Crippen LogP contribution in [0.2, 0.25) is 0 Å². The first-order valence-corrected chi connectivity index (χ1v) is 10.5. The third-order valence-corrected chi connectivity index (χ3v) is 4.52. The minimum atomic E-state index is -0.538. The Kier molecular flexibility index (Phi) is 9.98. The molecule has 1 unspecified atom stereocenters. The first-order chi connectivity index (χ1) is 16.2. The molecule has 0 N–H and O–H groups in total. The molecule has 1 aliphatic heterocycles. The smallest absolute Gasteiger partial charge is 0.335 e. The Labute approximate surface area is 199 Å². The summed E-state index contributed by atoms with van der Waals surface area (Å²) in [5.74, 6) is 0.166. The number of ether oxygens (including phenoxy) is 4. The Bertz CT molecular complexity index is 1080. The third-order valence-electron chi connectivity index (χ3n) is 4.52. The number of epoxide rings is 1. The Morgan fingerprint density at radius 2 is 1.82 bits per heavy atom. The maximum absolute atomic E-state index is 12.2. The molecule has 1 saturated heterocycles. The van der Waals surface area contributed by atoms with Crippen LogP contribution in [0.15, 0.2) is 73.3 Å². The van der Waals surface area contributed by atoms with Crippen molar-refractivity contribution in [2.45, 2.75) is 20.0 Å². The summed E-state index contributed by atoms with van der Waals surface area (Å²) in [6, 6.07) is 12.0. The van der Waals surface area contributed by atoms with Gasteiger partial charge in [-0.3, -0.25) is 4.79 Å². The van der Waals surface area contributed by atoms with E-state index in [1.807, 2.05) is 25.1 Å². The molecular weight excluding hydrogens is 436 g/mol. The molecule has 2 aromatic rings. The van der Waals surface area contributed by atoms with Crippen molar-refractivity contribution in [3.05, 3.63) is 90.0 Å². The van der Waals surface area contributed by atoms with Gasteiger partial charge in [-0.25, -0.2) is 9.59 Å². The van der Waals surface area contributed by atoms with Gasteiger partial charge >= 0.3 is 11.9 Å². The summed E-state index contributed by atoms with van der Waals surface area (Å²) < 4.78 is 19.8. The zero-order valence-corrected chi connectivity index (χ0v) is 19.5. The highest BCUT2D eigenvalue weighted by Crippen LogP contribution is 2.19. The lowest BCUT2D eigenvalue weighted by atomic mass is 10.1. The first kappa shape index (κ1) is 26.3. The van der Waals surface area contributed by atoms with Crippen LogP contribution < -0.4 is 9.47 Å². The van der Waals surface area contributed by atoms with Gasteiger partial charge in [0.15, 0.2) is 5.78 Å². The normalized spacial score (nSPS) is 13.8. The number of allylic oxidation sites excluding steroid dienone is 1. The van der Waals surface area contributed by atoms with Crippen molar-refractivity contribution in [2.24, 2.45) is 0 Å². The molecule has 1 heterocycles. The van der Waals surface area contributed by atoms with Gasteiger partial charge in [0.2, 0.25) is 0 Å². The molecule has 3 rings (SSSR count). The summed E-state index contributed by atoms with van der Waals surface area (Å²) in [4.78, 5) is 34.0. The van der Waals surface area contributed by atoms with Crippen LogP contribution in [0.5, 0.6) is 11.5 Å². The van der Waals surface area contributed by atoms with Gasteiger partial charge in [0.1, 0.15) is 24.2 Å². The molecule has 178 valence electrons. The quantitative estimate of drug-likeness (QED) is 0.177. The molecule has 7 heteroatoms. The molecule has 7 nitrogen and oxygen atoms in total. The van der Waals surface area contributed by atoms with E-state index in [2.05, 4.69) is 13.2 Å². The van der Waals surface area contributed by atoms with Gasteiger partial charge in [-0.2, -0.15) is 0 Å². The Hall–Kier alpha value is -3.97. The summed E-state index contributed by atoms with van der Waals surface area (Å²) in [6.07, 6.45) is 4.48. The molecule has 1 atom stereocenters. The van der Waals surface area contributed by atoms with Crippen molar-refractivity contribution >= 4 is 23.8 Å². The van der Waals surface area contributed by atoms with Crippen LogP contribution in [0.4, 0.5) is 0 Å². The van der Waals surface area contributed by atoms with Gasteiger partial charge < -0.3 is 18.9 Å². The maximum atomic E-state index is 12.2. The SMILES string of the molecule is C=C(C)C(=O)OCC1CO1.C=CC(=O)Oc1ccc(C(=O)C=Cc2ccc(OC)c(C)c2)cc1. The summed E-state index contributed by atoms with van der Waals surface area (Å²) >= 11 is 0. The molecule has 1 aliphatic rings. The van der Waals surface area contributed by atoms with Gasteiger partial charge in [0, 0.05) is 17.2 Å². The minimum Gasteiger partial charge on any atom is -0.496 e. The fourth-order valence-electron chi connectivity index (χ4n) is 2.57. The zero-order chi connectivity index (χ0) is 25.1. The molecule has 0 amide bonds. The number of rotatable bonds is 9. The Morgan fingerprint density at radius 3 is 2.35 bits per heavy atom. The summed E-state index contributed by atoms with van der Waals surface area (Å²) in [5.41, 5.74) is 2.86. The van der Waals surface area contributed by atoms with Crippen molar-refractivity contribution in [1.82, 2.24) is 0 Å². The predicted molar refractivity (Wildman–Crippen MR) is 129 cm³/mol. The average Bonchev–Trinajstić information content (AvgIpc) is 3.66. The number of hydrogen-bond donors (Lipinski definition) is 0. The fraction of sp³-hybridized carbons (Fsp3) is 0.222. The second-order valence-corrected chi connectivity index (χ2v) is 7.41. The first-order valence-electron chi connectivity index (χ1n) is 10.5. The molecule has 0 bridgehead atoms. The van der Waals surface area contributed by atoms with Crippen LogP contribution in [-0.4, -0.2) is 44.1 Å². The molecule has 0 spiro atoms. The van der Waals surface area contributed by atoms with E-state index in [9.17, 15) is 14.4 Å². The third kappa shape index (κ3) is 8.88. The van der Waals surface area contributed by atoms with Crippen LogP contribution >= 0.6 is 0 Å². The van der Waals surface area contributed by atoms with E-state index in [-0.39, 0.29) is 17.9 Å². The lowest BCUT2D eigenvalue weighted by Gasteiger charge is -2.04. The highest BCUT2D eigenvalue weighted by molar-refractivity contribution is 6.06. The molecule has 1 fully saturated rings. The monoisotopic (exact) mass is 464 g/mol. The van der Waals surface area contributed by atoms with Gasteiger partial charge in [0.25, 0.3) is 0 Å². The van der Waals surface area contributed by atoms with Crippen LogP contribution in [0, 0.1) is 6.92 Å². The zero-order valence-electron chi connectivity index (χ0n) is 19.5. The van der Waals surface area contributed by atoms with Crippen LogP contribution in [-0.2, 0) is 19.1 Å². The van der Waals surface area contributed by atoms with Crippen molar-refractivity contribution in [2.75, 3.05) is 20.3 Å². The van der Waals surface area contributed by atoms with E-state index >= 15 is 0 Å². The van der Waals surface area contributed by atoms with E-state index in [1.54, 1.807) is 44.4 Å². The standard InChI is InChI=1S/C20H18O4.C7H10O3/c1-4-20(22)24-17-9-7-16(8-10-17)18(21)11-5-15-6-12-19(23-3)14(2)13-15;1-5(2)7(8)10-4-6-3-9-6/h4-13H,1H2,2-3H3;6H,1,3-4H2,2H3. The van der Waals surface area contributed by atoms with E-state index < -0.39 is 5.97 Å². The number of benzene rings is 2. The highest BCUT2D eigenvalue weighted by Gasteiger charge is 2.24.